The van der Waals surface area contributed by atoms with Gasteiger partial charge in [-0.05, 0) is 37.6 Å². The van der Waals surface area contributed by atoms with Crippen molar-refractivity contribution in [2.75, 3.05) is 7.05 Å². The van der Waals surface area contributed by atoms with Crippen molar-refractivity contribution < 1.29 is 12.8 Å². The van der Waals surface area contributed by atoms with Gasteiger partial charge in [-0.3, -0.25) is 0 Å². The maximum atomic E-state index is 13.1. The van der Waals surface area contributed by atoms with Crippen LogP contribution in [0.15, 0.2) is 35.2 Å². The highest BCUT2D eigenvalue weighted by Gasteiger charge is 2.24. The molecule has 0 amide bonds. The number of aryl methyl sites for hydroxylation is 2. The van der Waals surface area contributed by atoms with Crippen molar-refractivity contribution in [3.63, 3.8) is 0 Å². The van der Waals surface area contributed by atoms with E-state index in [1.165, 1.54) is 34.8 Å². The third kappa shape index (κ3) is 3.08. The lowest BCUT2D eigenvalue weighted by atomic mass is 10.2. The summed E-state index contributed by atoms with van der Waals surface area (Å²) in [6.07, 6.45) is 0. The first-order valence-electron chi connectivity index (χ1n) is 6.08. The fraction of sp³-hybridized carbons (Fsp3) is 0.286. The molecule has 6 heteroatoms. The molecule has 20 heavy (non-hydrogen) atoms. The van der Waals surface area contributed by atoms with Crippen LogP contribution < -0.4 is 0 Å². The summed E-state index contributed by atoms with van der Waals surface area (Å²) in [5.41, 5.74) is 0.626. The van der Waals surface area contributed by atoms with Crippen molar-refractivity contribution in [2.24, 2.45) is 0 Å². The van der Waals surface area contributed by atoms with E-state index in [0.717, 1.165) is 9.75 Å². The summed E-state index contributed by atoms with van der Waals surface area (Å²) in [4.78, 5) is 2.06. The van der Waals surface area contributed by atoms with Crippen molar-refractivity contribution >= 4 is 21.4 Å². The minimum atomic E-state index is -3.54. The SMILES string of the molecule is Cc1cc(S(=O)(=O)N(C)Cc2cccc(F)c2)c(C)s1. The van der Waals surface area contributed by atoms with E-state index >= 15 is 0 Å². The number of hydrogen-bond acceptors (Lipinski definition) is 3. The summed E-state index contributed by atoms with van der Waals surface area (Å²) >= 11 is 1.46. The van der Waals surface area contributed by atoms with Gasteiger partial charge in [0.15, 0.2) is 0 Å². The molecule has 1 aromatic carbocycles. The van der Waals surface area contributed by atoms with E-state index in [1.807, 2.05) is 6.92 Å². The Morgan fingerprint density at radius 3 is 2.50 bits per heavy atom. The van der Waals surface area contributed by atoms with Crippen LogP contribution in [-0.4, -0.2) is 19.8 Å². The second kappa shape index (κ2) is 5.63. The molecule has 0 fully saturated rings. The molecule has 0 spiro atoms. The molecule has 0 aliphatic carbocycles. The van der Waals surface area contributed by atoms with Crippen molar-refractivity contribution in [3.05, 3.63) is 51.5 Å². The van der Waals surface area contributed by atoms with Crippen molar-refractivity contribution in [1.29, 1.82) is 0 Å². The van der Waals surface area contributed by atoms with E-state index in [0.29, 0.717) is 10.5 Å². The van der Waals surface area contributed by atoms with Gasteiger partial charge in [0.2, 0.25) is 10.0 Å². The molecule has 0 saturated carbocycles. The fourth-order valence-corrected chi connectivity index (χ4v) is 4.69. The topological polar surface area (TPSA) is 37.4 Å². The molecule has 0 saturated heterocycles. The van der Waals surface area contributed by atoms with E-state index in [4.69, 9.17) is 0 Å². The Labute approximate surface area is 122 Å². The summed E-state index contributed by atoms with van der Waals surface area (Å²) in [6.45, 7) is 3.82. The van der Waals surface area contributed by atoms with E-state index in [-0.39, 0.29) is 12.4 Å². The minimum Gasteiger partial charge on any atom is -0.207 e. The molecule has 0 radical (unpaired) electrons. The molecule has 0 unspecified atom stereocenters. The smallest absolute Gasteiger partial charge is 0.207 e. The van der Waals surface area contributed by atoms with Crippen LogP contribution in [0.3, 0.4) is 0 Å². The zero-order chi connectivity index (χ0) is 14.9. The number of rotatable bonds is 4. The first kappa shape index (κ1) is 15.2. The number of benzene rings is 1. The highest BCUT2D eigenvalue weighted by Crippen LogP contribution is 2.27. The van der Waals surface area contributed by atoms with Crippen LogP contribution in [0.4, 0.5) is 4.39 Å². The standard InChI is InChI=1S/C14H16FNO2S2/c1-10-7-14(11(2)19-10)20(17,18)16(3)9-12-5-4-6-13(15)8-12/h4-8H,9H2,1-3H3. The van der Waals surface area contributed by atoms with Gasteiger partial charge < -0.3 is 0 Å². The summed E-state index contributed by atoms with van der Waals surface area (Å²) < 4.78 is 39.4. The van der Waals surface area contributed by atoms with Crippen LogP contribution >= 0.6 is 11.3 Å². The maximum absolute atomic E-state index is 13.1. The zero-order valence-corrected chi connectivity index (χ0v) is 13.2. The molecule has 2 aromatic rings. The van der Waals surface area contributed by atoms with Crippen LogP contribution in [0.1, 0.15) is 15.3 Å². The van der Waals surface area contributed by atoms with Gasteiger partial charge in [-0.15, -0.1) is 11.3 Å². The van der Waals surface area contributed by atoms with Gasteiger partial charge in [-0.1, -0.05) is 12.1 Å². The number of thiophene rings is 1. The zero-order valence-electron chi connectivity index (χ0n) is 11.6. The second-order valence-corrected chi connectivity index (χ2v) is 8.14. The molecular weight excluding hydrogens is 297 g/mol. The molecule has 0 atom stereocenters. The highest BCUT2D eigenvalue weighted by atomic mass is 32.2. The molecule has 0 aliphatic heterocycles. The number of hydrogen-bond donors (Lipinski definition) is 0. The largest absolute Gasteiger partial charge is 0.244 e. The molecule has 3 nitrogen and oxygen atoms in total. The monoisotopic (exact) mass is 313 g/mol. The van der Waals surface area contributed by atoms with Crippen molar-refractivity contribution in [1.82, 2.24) is 4.31 Å². The number of nitrogens with zero attached hydrogens (tertiary/aromatic N) is 1. The van der Waals surface area contributed by atoms with E-state index in [2.05, 4.69) is 0 Å². The Hall–Kier alpha value is -1.24. The predicted molar refractivity (Wildman–Crippen MR) is 78.8 cm³/mol. The minimum absolute atomic E-state index is 0.147. The lowest BCUT2D eigenvalue weighted by Crippen LogP contribution is -2.26. The van der Waals surface area contributed by atoms with E-state index < -0.39 is 10.0 Å². The lowest BCUT2D eigenvalue weighted by Gasteiger charge is -2.17. The number of halogens is 1. The molecule has 1 heterocycles. The molecule has 1 aromatic heterocycles. The van der Waals surface area contributed by atoms with Gasteiger partial charge in [0.05, 0.1) is 4.90 Å². The predicted octanol–water partition coefficient (Wildman–Crippen LogP) is 3.32. The molecule has 0 N–H and O–H groups in total. The van der Waals surface area contributed by atoms with Gasteiger partial charge in [0.1, 0.15) is 5.82 Å². The summed E-state index contributed by atoms with van der Waals surface area (Å²) in [5, 5.41) is 0. The third-order valence-electron chi connectivity index (χ3n) is 2.98. The Balaban J connectivity index is 2.28. The maximum Gasteiger partial charge on any atom is 0.244 e. The quantitative estimate of drug-likeness (QED) is 0.868. The average Bonchev–Trinajstić information content (AvgIpc) is 2.69. The molecular formula is C14H16FNO2S2. The summed E-state index contributed by atoms with van der Waals surface area (Å²) in [7, 11) is -2.03. The Morgan fingerprint density at radius 1 is 1.25 bits per heavy atom. The first-order valence-corrected chi connectivity index (χ1v) is 8.34. The lowest BCUT2D eigenvalue weighted by molar-refractivity contribution is 0.465. The van der Waals surface area contributed by atoms with Crippen LogP contribution in [-0.2, 0) is 16.6 Å². The summed E-state index contributed by atoms with van der Waals surface area (Å²) in [5.74, 6) is -0.365. The van der Waals surface area contributed by atoms with Gasteiger partial charge in [0.25, 0.3) is 0 Å². The van der Waals surface area contributed by atoms with E-state index in [1.54, 1.807) is 25.1 Å². The molecule has 108 valence electrons. The van der Waals surface area contributed by atoms with Crippen LogP contribution in [0.25, 0.3) is 0 Å². The Morgan fingerprint density at radius 2 is 1.95 bits per heavy atom. The van der Waals surface area contributed by atoms with Crippen molar-refractivity contribution in [2.45, 2.75) is 25.3 Å². The highest BCUT2D eigenvalue weighted by molar-refractivity contribution is 7.89. The average molecular weight is 313 g/mol. The second-order valence-electron chi connectivity index (χ2n) is 4.67. The van der Waals surface area contributed by atoms with Crippen LogP contribution in [0, 0.1) is 19.7 Å². The summed E-state index contributed by atoms with van der Waals surface area (Å²) in [6, 6.07) is 7.64. The van der Waals surface area contributed by atoms with Gasteiger partial charge in [-0.25, -0.2) is 12.8 Å². The molecule has 0 bridgehead atoms. The Bertz CT molecular complexity index is 723. The normalized spacial score (nSPS) is 12.1. The van der Waals surface area contributed by atoms with Gasteiger partial charge in [0, 0.05) is 23.3 Å². The van der Waals surface area contributed by atoms with Crippen LogP contribution in [0.5, 0.6) is 0 Å². The Kier molecular flexibility index (Phi) is 4.27. The van der Waals surface area contributed by atoms with Crippen molar-refractivity contribution in [3.8, 4) is 0 Å². The first-order chi connectivity index (χ1) is 9.30. The third-order valence-corrected chi connectivity index (χ3v) is 6.00. The van der Waals surface area contributed by atoms with Gasteiger partial charge >= 0.3 is 0 Å². The molecule has 2 rings (SSSR count). The van der Waals surface area contributed by atoms with Crippen LogP contribution in [0.2, 0.25) is 0 Å². The number of sulfonamides is 1. The fourth-order valence-electron chi connectivity index (χ4n) is 2.01. The molecule has 0 aliphatic rings. The van der Waals surface area contributed by atoms with Gasteiger partial charge in [-0.2, -0.15) is 4.31 Å². The van der Waals surface area contributed by atoms with E-state index in [9.17, 15) is 12.8 Å².